The van der Waals surface area contributed by atoms with Gasteiger partial charge in [-0.25, -0.2) is 0 Å². The Morgan fingerprint density at radius 3 is 2.77 bits per heavy atom. The van der Waals surface area contributed by atoms with Crippen LogP contribution in [0.15, 0.2) is 30.3 Å². The Labute approximate surface area is 74.9 Å². The maximum Gasteiger partial charge on any atom is 0.276 e. The van der Waals surface area contributed by atoms with Gasteiger partial charge in [0.25, 0.3) is 5.69 Å². The van der Waals surface area contributed by atoms with E-state index in [4.69, 9.17) is 5.26 Å². The van der Waals surface area contributed by atoms with E-state index in [-0.39, 0.29) is 5.69 Å². The fourth-order valence-corrected chi connectivity index (χ4v) is 0.922. The van der Waals surface area contributed by atoms with E-state index < -0.39 is 4.92 Å². The van der Waals surface area contributed by atoms with Gasteiger partial charge in [-0.15, -0.1) is 0 Å². The first-order valence-electron chi connectivity index (χ1n) is 3.55. The van der Waals surface area contributed by atoms with E-state index in [1.165, 1.54) is 18.2 Å². The first kappa shape index (κ1) is 8.94. The van der Waals surface area contributed by atoms with Crippen LogP contribution in [-0.4, -0.2) is 4.92 Å². The number of allylic oxidation sites excluding steroid dienone is 1. The normalized spacial score (nSPS) is 9.77. The molecular formula is C9H6N2O2. The summed E-state index contributed by atoms with van der Waals surface area (Å²) in [7, 11) is 0. The van der Waals surface area contributed by atoms with Crippen LogP contribution >= 0.6 is 0 Å². The largest absolute Gasteiger partial charge is 0.276 e. The molecule has 0 saturated heterocycles. The molecule has 0 N–H and O–H groups in total. The van der Waals surface area contributed by atoms with Gasteiger partial charge in [0.2, 0.25) is 0 Å². The van der Waals surface area contributed by atoms with Crippen LogP contribution in [0.25, 0.3) is 6.08 Å². The average molecular weight is 174 g/mol. The zero-order chi connectivity index (χ0) is 9.68. The van der Waals surface area contributed by atoms with Gasteiger partial charge in [0.05, 0.1) is 16.6 Å². The Kier molecular flexibility index (Phi) is 2.77. The van der Waals surface area contributed by atoms with Crippen molar-refractivity contribution in [2.75, 3.05) is 0 Å². The number of benzene rings is 1. The molecule has 0 bridgehead atoms. The van der Waals surface area contributed by atoms with E-state index in [9.17, 15) is 10.1 Å². The quantitative estimate of drug-likeness (QED) is 0.392. The lowest BCUT2D eigenvalue weighted by molar-refractivity contribution is -0.385. The van der Waals surface area contributed by atoms with Crippen molar-refractivity contribution in [3.63, 3.8) is 0 Å². The summed E-state index contributed by atoms with van der Waals surface area (Å²) in [4.78, 5) is 10.00. The third-order valence-electron chi connectivity index (χ3n) is 1.47. The second-order valence-corrected chi connectivity index (χ2v) is 2.28. The lowest BCUT2D eigenvalue weighted by atomic mass is 10.2. The molecule has 4 heteroatoms. The van der Waals surface area contributed by atoms with Gasteiger partial charge in [0.15, 0.2) is 0 Å². The molecular weight excluding hydrogens is 168 g/mol. The topological polar surface area (TPSA) is 66.9 Å². The SMILES string of the molecule is N#C/C=C/c1ccccc1[N+](=O)[O-]. The smallest absolute Gasteiger partial charge is 0.258 e. The minimum absolute atomic E-state index is 0.00833. The summed E-state index contributed by atoms with van der Waals surface area (Å²) < 4.78 is 0. The minimum Gasteiger partial charge on any atom is -0.258 e. The molecule has 64 valence electrons. The number of hydrogen-bond donors (Lipinski definition) is 0. The van der Waals surface area contributed by atoms with Gasteiger partial charge in [0, 0.05) is 12.1 Å². The van der Waals surface area contributed by atoms with Crippen LogP contribution in [0.5, 0.6) is 0 Å². The van der Waals surface area contributed by atoms with Crippen LogP contribution in [0.3, 0.4) is 0 Å². The number of nitro groups is 1. The fraction of sp³-hybridized carbons (Fsp3) is 0. The van der Waals surface area contributed by atoms with Crippen molar-refractivity contribution in [2.45, 2.75) is 0 Å². The summed E-state index contributed by atoms with van der Waals surface area (Å²) in [6, 6.07) is 8.04. The highest BCUT2D eigenvalue weighted by Gasteiger charge is 2.08. The number of rotatable bonds is 2. The predicted octanol–water partition coefficient (Wildman–Crippen LogP) is 2.13. The third kappa shape index (κ3) is 2.14. The van der Waals surface area contributed by atoms with Gasteiger partial charge in [-0.05, 0) is 12.1 Å². The van der Waals surface area contributed by atoms with Crippen LogP contribution in [0.1, 0.15) is 5.56 Å². The van der Waals surface area contributed by atoms with Crippen molar-refractivity contribution in [1.29, 1.82) is 5.26 Å². The Bertz CT molecular complexity index is 391. The molecule has 1 rings (SSSR count). The molecule has 0 radical (unpaired) electrons. The molecule has 0 amide bonds. The molecule has 1 aromatic rings. The second kappa shape index (κ2) is 4.02. The molecule has 0 saturated carbocycles. The van der Waals surface area contributed by atoms with E-state index in [1.54, 1.807) is 24.3 Å². The summed E-state index contributed by atoms with van der Waals surface area (Å²) in [5.41, 5.74) is 0.447. The number of para-hydroxylation sites is 1. The Hall–Kier alpha value is -2.15. The molecule has 4 nitrogen and oxygen atoms in total. The van der Waals surface area contributed by atoms with Crippen molar-refractivity contribution in [3.05, 3.63) is 46.0 Å². The van der Waals surface area contributed by atoms with E-state index in [1.807, 2.05) is 0 Å². The molecule has 1 aromatic carbocycles. The van der Waals surface area contributed by atoms with Crippen molar-refractivity contribution in [3.8, 4) is 6.07 Å². The standard InChI is InChI=1S/C9H6N2O2/c10-7-3-5-8-4-1-2-6-9(8)11(12)13/h1-6H/b5-3+. The highest BCUT2D eigenvalue weighted by molar-refractivity contribution is 5.61. The molecule has 13 heavy (non-hydrogen) atoms. The maximum absolute atomic E-state index is 10.5. The summed E-state index contributed by atoms with van der Waals surface area (Å²) in [5.74, 6) is 0. The highest BCUT2D eigenvalue weighted by atomic mass is 16.6. The molecule has 0 heterocycles. The monoisotopic (exact) mass is 174 g/mol. The van der Waals surface area contributed by atoms with E-state index in [0.717, 1.165) is 0 Å². The molecule has 0 fully saturated rings. The number of nitro benzene ring substituents is 1. The van der Waals surface area contributed by atoms with Crippen LogP contribution in [0.4, 0.5) is 5.69 Å². The maximum atomic E-state index is 10.5. The van der Waals surface area contributed by atoms with Crippen molar-refractivity contribution < 1.29 is 4.92 Å². The zero-order valence-electron chi connectivity index (χ0n) is 6.68. The molecule has 0 aliphatic heterocycles. The first-order valence-corrected chi connectivity index (χ1v) is 3.55. The van der Waals surface area contributed by atoms with Gasteiger partial charge in [-0.3, -0.25) is 10.1 Å². The van der Waals surface area contributed by atoms with Crippen molar-refractivity contribution in [1.82, 2.24) is 0 Å². The Morgan fingerprint density at radius 2 is 2.15 bits per heavy atom. The van der Waals surface area contributed by atoms with Crippen LogP contribution in [0, 0.1) is 21.4 Å². The zero-order valence-corrected chi connectivity index (χ0v) is 6.68. The van der Waals surface area contributed by atoms with Gasteiger partial charge >= 0.3 is 0 Å². The molecule has 0 aliphatic rings. The Morgan fingerprint density at radius 1 is 1.46 bits per heavy atom. The van der Waals surface area contributed by atoms with E-state index in [0.29, 0.717) is 5.56 Å². The number of hydrogen-bond acceptors (Lipinski definition) is 3. The molecule has 0 unspecified atom stereocenters. The molecule has 0 atom stereocenters. The highest BCUT2D eigenvalue weighted by Crippen LogP contribution is 2.18. The fourth-order valence-electron chi connectivity index (χ4n) is 0.922. The predicted molar refractivity (Wildman–Crippen MR) is 47.7 cm³/mol. The van der Waals surface area contributed by atoms with Crippen molar-refractivity contribution in [2.24, 2.45) is 0 Å². The summed E-state index contributed by atoms with van der Waals surface area (Å²) >= 11 is 0. The molecule has 0 spiro atoms. The lowest BCUT2D eigenvalue weighted by Gasteiger charge is -1.94. The number of nitriles is 1. The van der Waals surface area contributed by atoms with Crippen molar-refractivity contribution >= 4 is 11.8 Å². The number of nitrogens with zero attached hydrogens (tertiary/aromatic N) is 2. The summed E-state index contributed by atoms with van der Waals surface area (Å²) in [6.45, 7) is 0. The van der Waals surface area contributed by atoms with Gasteiger partial charge < -0.3 is 0 Å². The van der Waals surface area contributed by atoms with Gasteiger partial charge in [0.1, 0.15) is 0 Å². The first-order chi connectivity index (χ1) is 6.25. The lowest BCUT2D eigenvalue weighted by Crippen LogP contribution is -1.90. The molecule has 0 aromatic heterocycles. The van der Waals surface area contributed by atoms with Crippen LogP contribution in [-0.2, 0) is 0 Å². The average Bonchev–Trinajstić information content (AvgIpc) is 2.15. The van der Waals surface area contributed by atoms with Gasteiger partial charge in [-0.1, -0.05) is 12.1 Å². The van der Waals surface area contributed by atoms with Crippen LogP contribution in [0.2, 0.25) is 0 Å². The molecule has 0 aliphatic carbocycles. The summed E-state index contributed by atoms with van der Waals surface area (Å²) in [6.07, 6.45) is 2.63. The van der Waals surface area contributed by atoms with E-state index in [2.05, 4.69) is 0 Å². The third-order valence-corrected chi connectivity index (χ3v) is 1.47. The second-order valence-electron chi connectivity index (χ2n) is 2.28. The van der Waals surface area contributed by atoms with Crippen LogP contribution < -0.4 is 0 Å². The minimum atomic E-state index is -0.475. The van der Waals surface area contributed by atoms with E-state index >= 15 is 0 Å². The Balaban J connectivity index is 3.14. The van der Waals surface area contributed by atoms with Gasteiger partial charge in [-0.2, -0.15) is 5.26 Å². The summed E-state index contributed by atoms with van der Waals surface area (Å²) in [5, 5.41) is 18.7.